The highest BCUT2D eigenvalue weighted by atomic mass is 16.1. The summed E-state index contributed by atoms with van der Waals surface area (Å²) in [5.74, 6) is 0.0980. The van der Waals surface area contributed by atoms with Gasteiger partial charge in [-0.3, -0.25) is 4.79 Å². The van der Waals surface area contributed by atoms with Crippen LogP contribution in [0.5, 0.6) is 0 Å². The van der Waals surface area contributed by atoms with Crippen LogP contribution in [0.15, 0.2) is 67.0 Å². The molecule has 0 saturated heterocycles. The van der Waals surface area contributed by atoms with Crippen LogP contribution < -0.4 is 5.32 Å². The number of hydrogen-bond donors (Lipinski definition) is 2. The van der Waals surface area contributed by atoms with Crippen LogP contribution in [-0.4, -0.2) is 15.9 Å². The van der Waals surface area contributed by atoms with Gasteiger partial charge in [0.05, 0.1) is 18.1 Å². The lowest BCUT2D eigenvalue weighted by Crippen LogP contribution is -2.37. The van der Waals surface area contributed by atoms with Gasteiger partial charge in [0.1, 0.15) is 0 Å². The van der Waals surface area contributed by atoms with Crippen molar-refractivity contribution in [3.8, 4) is 0 Å². The zero-order valence-electron chi connectivity index (χ0n) is 14.0. The molecule has 3 aromatic rings. The number of rotatable bonds is 4. The third-order valence-electron chi connectivity index (χ3n) is 4.91. The summed E-state index contributed by atoms with van der Waals surface area (Å²) in [6.45, 7) is 0. The van der Waals surface area contributed by atoms with E-state index in [0.29, 0.717) is 0 Å². The zero-order valence-corrected chi connectivity index (χ0v) is 14.0. The van der Waals surface area contributed by atoms with Crippen molar-refractivity contribution in [2.45, 2.75) is 25.3 Å². The first-order chi connectivity index (χ1) is 12.3. The van der Waals surface area contributed by atoms with E-state index in [1.165, 1.54) is 0 Å². The van der Waals surface area contributed by atoms with E-state index in [1.54, 1.807) is 6.33 Å². The summed E-state index contributed by atoms with van der Waals surface area (Å²) in [5.41, 5.74) is 4.40. The molecule has 1 aromatic heterocycles. The van der Waals surface area contributed by atoms with Crippen molar-refractivity contribution < 1.29 is 4.79 Å². The molecule has 1 heterocycles. The van der Waals surface area contributed by atoms with E-state index in [-0.39, 0.29) is 17.9 Å². The van der Waals surface area contributed by atoms with E-state index in [4.69, 9.17) is 0 Å². The Kier molecular flexibility index (Phi) is 4.34. The number of hydrogen-bond acceptors (Lipinski definition) is 2. The maximum Gasteiger partial charge on any atom is 0.224 e. The minimum Gasteiger partial charge on any atom is -0.348 e. The SMILES string of the molecule is O=C(NC(c1ccccc1)c1ccccc1)[C@H]1CCc2nc[nH]c2C1. The smallest absolute Gasteiger partial charge is 0.224 e. The Morgan fingerprint density at radius 2 is 1.68 bits per heavy atom. The maximum absolute atomic E-state index is 12.9. The number of H-pyrrole nitrogens is 1. The van der Waals surface area contributed by atoms with E-state index in [0.717, 1.165) is 41.8 Å². The van der Waals surface area contributed by atoms with Crippen molar-refractivity contribution in [3.63, 3.8) is 0 Å². The number of aromatic amines is 1. The van der Waals surface area contributed by atoms with Gasteiger partial charge in [-0.2, -0.15) is 0 Å². The molecule has 4 rings (SSSR count). The molecule has 126 valence electrons. The molecule has 4 nitrogen and oxygen atoms in total. The monoisotopic (exact) mass is 331 g/mol. The molecular formula is C21H21N3O. The Balaban J connectivity index is 1.56. The highest BCUT2D eigenvalue weighted by Crippen LogP contribution is 2.26. The number of carbonyl (C=O) groups excluding carboxylic acids is 1. The number of aromatic nitrogens is 2. The number of nitrogens with one attached hydrogen (secondary N) is 2. The fourth-order valence-corrected chi connectivity index (χ4v) is 3.53. The number of aryl methyl sites for hydroxylation is 1. The van der Waals surface area contributed by atoms with E-state index < -0.39 is 0 Å². The van der Waals surface area contributed by atoms with Gasteiger partial charge in [0.15, 0.2) is 0 Å². The second-order valence-electron chi connectivity index (χ2n) is 6.53. The van der Waals surface area contributed by atoms with Crippen molar-refractivity contribution in [1.29, 1.82) is 0 Å². The topological polar surface area (TPSA) is 57.8 Å². The first-order valence-corrected chi connectivity index (χ1v) is 8.72. The van der Waals surface area contributed by atoms with Gasteiger partial charge < -0.3 is 10.3 Å². The lowest BCUT2D eigenvalue weighted by molar-refractivity contribution is -0.125. The van der Waals surface area contributed by atoms with E-state index in [9.17, 15) is 4.79 Å². The summed E-state index contributed by atoms with van der Waals surface area (Å²) in [4.78, 5) is 20.4. The van der Waals surface area contributed by atoms with Gasteiger partial charge in [-0.25, -0.2) is 4.98 Å². The number of carbonyl (C=O) groups is 1. The van der Waals surface area contributed by atoms with Crippen LogP contribution in [0.3, 0.4) is 0 Å². The lowest BCUT2D eigenvalue weighted by Gasteiger charge is -2.25. The molecule has 0 spiro atoms. The van der Waals surface area contributed by atoms with Gasteiger partial charge >= 0.3 is 0 Å². The molecule has 0 fully saturated rings. The molecule has 0 saturated carbocycles. The molecule has 1 aliphatic rings. The first kappa shape index (κ1) is 15.6. The predicted molar refractivity (Wildman–Crippen MR) is 97.0 cm³/mol. The van der Waals surface area contributed by atoms with Crippen LogP contribution in [0.1, 0.15) is 35.0 Å². The summed E-state index contributed by atoms with van der Waals surface area (Å²) < 4.78 is 0. The Hall–Kier alpha value is -2.88. The molecule has 0 radical (unpaired) electrons. The summed E-state index contributed by atoms with van der Waals surface area (Å²) in [6, 6.07) is 20.1. The summed E-state index contributed by atoms with van der Waals surface area (Å²) in [7, 11) is 0. The Morgan fingerprint density at radius 1 is 1.04 bits per heavy atom. The highest BCUT2D eigenvalue weighted by Gasteiger charge is 2.28. The van der Waals surface area contributed by atoms with Crippen molar-refractivity contribution in [2.24, 2.45) is 5.92 Å². The van der Waals surface area contributed by atoms with Crippen LogP contribution in [0.25, 0.3) is 0 Å². The molecule has 1 aliphatic carbocycles. The van der Waals surface area contributed by atoms with E-state index in [2.05, 4.69) is 39.6 Å². The van der Waals surface area contributed by atoms with Crippen molar-refractivity contribution in [3.05, 3.63) is 89.5 Å². The maximum atomic E-state index is 12.9. The van der Waals surface area contributed by atoms with Gasteiger partial charge in [0.25, 0.3) is 0 Å². The Labute approximate surface area is 147 Å². The van der Waals surface area contributed by atoms with E-state index >= 15 is 0 Å². The molecular weight excluding hydrogens is 310 g/mol. The number of benzene rings is 2. The minimum atomic E-state index is -0.127. The van der Waals surface area contributed by atoms with Crippen molar-refractivity contribution >= 4 is 5.91 Å². The number of amides is 1. The van der Waals surface area contributed by atoms with Gasteiger partial charge in [-0.05, 0) is 24.0 Å². The Bertz CT molecular complexity index is 802. The highest BCUT2D eigenvalue weighted by molar-refractivity contribution is 5.80. The summed E-state index contributed by atoms with van der Waals surface area (Å²) in [5, 5.41) is 3.27. The number of fused-ring (bicyclic) bond motifs is 1. The van der Waals surface area contributed by atoms with Crippen molar-refractivity contribution in [1.82, 2.24) is 15.3 Å². The quantitative estimate of drug-likeness (QED) is 0.769. The van der Waals surface area contributed by atoms with Gasteiger partial charge in [0, 0.05) is 18.0 Å². The van der Waals surface area contributed by atoms with Gasteiger partial charge in [0.2, 0.25) is 5.91 Å². The fourth-order valence-electron chi connectivity index (χ4n) is 3.53. The third kappa shape index (κ3) is 3.33. The largest absolute Gasteiger partial charge is 0.348 e. The normalized spacial score (nSPS) is 16.4. The van der Waals surface area contributed by atoms with Crippen LogP contribution in [0, 0.1) is 5.92 Å². The Morgan fingerprint density at radius 3 is 2.32 bits per heavy atom. The van der Waals surface area contributed by atoms with Gasteiger partial charge in [-0.15, -0.1) is 0 Å². The van der Waals surface area contributed by atoms with E-state index in [1.807, 2.05) is 36.4 Å². The van der Waals surface area contributed by atoms with Crippen LogP contribution >= 0.6 is 0 Å². The standard InChI is InChI=1S/C21H21N3O/c25-21(17-11-12-18-19(13-17)23-14-22-18)24-20(15-7-3-1-4-8-15)16-9-5-2-6-10-16/h1-10,14,17,20H,11-13H2,(H,22,23)(H,24,25)/t17-/m0/s1. The zero-order chi connectivity index (χ0) is 17.1. The molecule has 2 aromatic carbocycles. The molecule has 0 unspecified atom stereocenters. The van der Waals surface area contributed by atoms with Crippen LogP contribution in [0.4, 0.5) is 0 Å². The first-order valence-electron chi connectivity index (χ1n) is 8.72. The second-order valence-corrected chi connectivity index (χ2v) is 6.53. The lowest BCUT2D eigenvalue weighted by atomic mass is 9.88. The molecule has 4 heteroatoms. The molecule has 1 amide bonds. The molecule has 1 atom stereocenters. The minimum absolute atomic E-state index is 0.0112. The molecule has 2 N–H and O–H groups in total. The molecule has 0 bridgehead atoms. The summed E-state index contributed by atoms with van der Waals surface area (Å²) in [6.07, 6.45) is 4.16. The number of imidazole rings is 1. The summed E-state index contributed by atoms with van der Waals surface area (Å²) >= 11 is 0. The molecule has 0 aliphatic heterocycles. The second kappa shape index (κ2) is 6.93. The third-order valence-corrected chi connectivity index (χ3v) is 4.91. The van der Waals surface area contributed by atoms with Crippen molar-refractivity contribution in [2.75, 3.05) is 0 Å². The number of nitrogens with zero attached hydrogens (tertiary/aromatic N) is 1. The van der Waals surface area contributed by atoms with Gasteiger partial charge in [-0.1, -0.05) is 60.7 Å². The van der Waals surface area contributed by atoms with Crippen LogP contribution in [-0.2, 0) is 17.6 Å². The predicted octanol–water partition coefficient (Wildman–Crippen LogP) is 3.42. The van der Waals surface area contributed by atoms with Crippen LogP contribution in [0.2, 0.25) is 0 Å². The average Bonchev–Trinajstić information content (AvgIpc) is 3.15. The average molecular weight is 331 g/mol. The fraction of sp³-hybridized carbons (Fsp3) is 0.238. The molecule has 25 heavy (non-hydrogen) atoms.